The van der Waals surface area contributed by atoms with E-state index in [-0.39, 0.29) is 5.97 Å². The summed E-state index contributed by atoms with van der Waals surface area (Å²) in [5.41, 5.74) is 1.29. The minimum atomic E-state index is -0.460. The van der Waals surface area contributed by atoms with E-state index < -0.39 is 5.60 Å². The molecule has 0 N–H and O–H groups in total. The molecule has 0 spiro atoms. The van der Waals surface area contributed by atoms with Gasteiger partial charge >= 0.3 is 5.97 Å². The number of thiazole rings is 1. The third-order valence-corrected chi connectivity index (χ3v) is 4.20. The minimum Gasteiger partial charge on any atom is -0.486 e. The summed E-state index contributed by atoms with van der Waals surface area (Å²) in [6, 6.07) is 7.48. The van der Waals surface area contributed by atoms with Crippen molar-refractivity contribution in [3.05, 3.63) is 34.3 Å². The summed E-state index contributed by atoms with van der Waals surface area (Å²) in [6.45, 7) is 9.60. The number of hydrogen-bond donors (Lipinski definition) is 0. The van der Waals surface area contributed by atoms with Crippen molar-refractivity contribution < 1.29 is 14.3 Å². The van der Waals surface area contributed by atoms with Gasteiger partial charge in [-0.3, -0.25) is 0 Å². The molecule has 0 saturated carbocycles. The van der Waals surface area contributed by atoms with Crippen molar-refractivity contribution in [2.45, 2.75) is 40.2 Å². The number of benzene rings is 1. The minimum absolute atomic E-state index is 0.313. The summed E-state index contributed by atoms with van der Waals surface area (Å²) in [5, 5.41) is 10.0. The van der Waals surface area contributed by atoms with Gasteiger partial charge in [0.2, 0.25) is 0 Å². The van der Waals surface area contributed by atoms with Gasteiger partial charge < -0.3 is 9.47 Å². The fraction of sp³-hybridized carbons (Fsp3) is 0.389. The third-order valence-electron chi connectivity index (χ3n) is 3.03. The predicted molar refractivity (Wildman–Crippen MR) is 93.3 cm³/mol. The second kappa shape index (κ2) is 7.02. The highest BCUT2D eigenvalue weighted by Crippen LogP contribution is 2.38. The van der Waals surface area contributed by atoms with Gasteiger partial charge in [-0.25, -0.2) is 9.78 Å². The van der Waals surface area contributed by atoms with Crippen LogP contribution in [0.1, 0.15) is 48.6 Å². The summed E-state index contributed by atoms with van der Waals surface area (Å²) in [4.78, 5) is 17.0. The highest BCUT2D eigenvalue weighted by molar-refractivity contribution is 7.17. The molecule has 0 unspecified atom stereocenters. The van der Waals surface area contributed by atoms with Crippen LogP contribution in [0.5, 0.6) is 5.75 Å². The van der Waals surface area contributed by atoms with Crippen LogP contribution >= 0.6 is 11.3 Å². The summed E-state index contributed by atoms with van der Waals surface area (Å²) in [6.07, 6.45) is 0. The maximum absolute atomic E-state index is 12.0. The molecule has 0 bridgehead atoms. The molecule has 2 rings (SSSR count). The molecule has 1 aromatic heterocycles. The van der Waals surface area contributed by atoms with Crippen LogP contribution in [-0.2, 0) is 4.74 Å². The first-order chi connectivity index (χ1) is 11.3. The molecular weight excluding hydrogens is 324 g/mol. The number of aryl methyl sites for hydroxylation is 1. The molecule has 6 heteroatoms. The van der Waals surface area contributed by atoms with Gasteiger partial charge in [0.1, 0.15) is 27.3 Å². The van der Waals surface area contributed by atoms with E-state index in [1.54, 1.807) is 26.0 Å². The number of nitriles is 1. The van der Waals surface area contributed by atoms with Crippen LogP contribution in [0.25, 0.3) is 10.6 Å². The number of hydrogen-bond acceptors (Lipinski definition) is 6. The Morgan fingerprint density at radius 1 is 1.38 bits per heavy atom. The van der Waals surface area contributed by atoms with E-state index in [0.717, 1.165) is 0 Å². The zero-order valence-corrected chi connectivity index (χ0v) is 15.3. The monoisotopic (exact) mass is 344 g/mol. The maximum Gasteiger partial charge on any atom is 0.350 e. The van der Waals surface area contributed by atoms with Crippen LogP contribution in [0, 0.1) is 18.3 Å². The number of carbonyl (C=O) groups is 1. The Morgan fingerprint density at radius 2 is 2.08 bits per heavy atom. The third kappa shape index (κ3) is 3.92. The molecule has 0 amide bonds. The van der Waals surface area contributed by atoms with E-state index in [2.05, 4.69) is 11.1 Å². The van der Waals surface area contributed by atoms with E-state index in [4.69, 9.17) is 9.47 Å². The average molecular weight is 344 g/mol. The largest absolute Gasteiger partial charge is 0.486 e. The molecule has 0 radical (unpaired) electrons. The van der Waals surface area contributed by atoms with Crippen molar-refractivity contribution in [1.82, 2.24) is 4.98 Å². The molecule has 0 aliphatic carbocycles. The number of aromatic nitrogens is 1. The molecule has 0 aliphatic heterocycles. The van der Waals surface area contributed by atoms with Crippen LogP contribution in [0.3, 0.4) is 0 Å². The smallest absolute Gasteiger partial charge is 0.350 e. The second-order valence-corrected chi connectivity index (χ2v) is 7.16. The van der Waals surface area contributed by atoms with E-state index in [1.165, 1.54) is 11.3 Å². The maximum atomic E-state index is 12.0. The molecule has 0 aliphatic rings. The molecule has 1 heterocycles. The quantitative estimate of drug-likeness (QED) is 0.771. The number of rotatable bonds is 4. The Hall–Kier alpha value is -2.39. The fourth-order valence-corrected chi connectivity index (χ4v) is 3.09. The molecule has 0 fully saturated rings. The number of esters is 1. The second-order valence-electron chi connectivity index (χ2n) is 6.16. The molecule has 1 aromatic carbocycles. The van der Waals surface area contributed by atoms with Crippen molar-refractivity contribution in [3.8, 4) is 22.4 Å². The number of nitrogens with zero attached hydrogens (tertiary/aromatic N) is 2. The van der Waals surface area contributed by atoms with E-state index in [0.29, 0.717) is 39.1 Å². The van der Waals surface area contributed by atoms with Gasteiger partial charge in [0.25, 0.3) is 0 Å². The van der Waals surface area contributed by atoms with Crippen molar-refractivity contribution >= 4 is 17.3 Å². The van der Waals surface area contributed by atoms with Crippen LogP contribution in [0.4, 0.5) is 0 Å². The van der Waals surface area contributed by atoms with Crippen LogP contribution < -0.4 is 4.74 Å². The normalized spacial score (nSPS) is 11.0. The van der Waals surface area contributed by atoms with Crippen molar-refractivity contribution in [2.75, 3.05) is 6.61 Å². The lowest BCUT2D eigenvalue weighted by molar-refractivity contribution is 0.0531. The molecular formula is C18H20N2O3S. The van der Waals surface area contributed by atoms with Gasteiger partial charge in [0.15, 0.2) is 0 Å². The van der Waals surface area contributed by atoms with Gasteiger partial charge in [0.05, 0.1) is 23.4 Å². The van der Waals surface area contributed by atoms with Crippen molar-refractivity contribution in [1.29, 1.82) is 5.26 Å². The summed E-state index contributed by atoms with van der Waals surface area (Å²) < 4.78 is 11.1. The van der Waals surface area contributed by atoms with Gasteiger partial charge in [-0.2, -0.15) is 5.26 Å². The summed E-state index contributed by atoms with van der Waals surface area (Å²) in [7, 11) is 0. The van der Waals surface area contributed by atoms with Crippen LogP contribution in [-0.4, -0.2) is 23.2 Å². The summed E-state index contributed by atoms with van der Waals surface area (Å²) >= 11 is 1.24. The Bertz CT molecular complexity index is 798. The summed E-state index contributed by atoms with van der Waals surface area (Å²) in [5.74, 6) is 0.102. The zero-order chi connectivity index (χ0) is 17.9. The molecule has 24 heavy (non-hydrogen) atoms. The molecule has 5 nitrogen and oxygen atoms in total. The standard InChI is InChI=1S/C18H20N2O3S/c1-6-22-17(21)15-11(2)20-16(24-15)13-9-7-8-12(10-19)14(13)23-18(3,4)5/h7-9H,6H2,1-5H3. The molecule has 126 valence electrons. The molecule has 0 atom stereocenters. The van der Waals surface area contributed by atoms with Gasteiger partial charge in [-0.1, -0.05) is 6.07 Å². The number of ether oxygens (including phenoxy) is 2. The van der Waals surface area contributed by atoms with Crippen LogP contribution in [0.15, 0.2) is 18.2 Å². The zero-order valence-electron chi connectivity index (χ0n) is 14.5. The lowest BCUT2D eigenvalue weighted by atomic mass is 10.1. The van der Waals surface area contributed by atoms with Gasteiger partial charge in [-0.15, -0.1) is 11.3 Å². The lowest BCUT2D eigenvalue weighted by Gasteiger charge is -2.23. The highest BCUT2D eigenvalue weighted by Gasteiger charge is 2.23. The number of para-hydroxylation sites is 1. The Balaban J connectivity index is 2.55. The highest BCUT2D eigenvalue weighted by atomic mass is 32.1. The van der Waals surface area contributed by atoms with Gasteiger partial charge in [0, 0.05) is 0 Å². The average Bonchev–Trinajstić information content (AvgIpc) is 2.88. The lowest BCUT2D eigenvalue weighted by Crippen LogP contribution is -2.23. The van der Waals surface area contributed by atoms with Crippen molar-refractivity contribution in [3.63, 3.8) is 0 Å². The Morgan fingerprint density at radius 3 is 2.67 bits per heavy atom. The van der Waals surface area contributed by atoms with Gasteiger partial charge in [-0.05, 0) is 46.8 Å². The van der Waals surface area contributed by atoms with E-state index in [9.17, 15) is 10.1 Å². The first-order valence-corrected chi connectivity index (χ1v) is 8.45. The first kappa shape index (κ1) is 18.0. The van der Waals surface area contributed by atoms with E-state index >= 15 is 0 Å². The first-order valence-electron chi connectivity index (χ1n) is 7.64. The molecule has 0 saturated heterocycles. The van der Waals surface area contributed by atoms with Crippen LogP contribution in [0.2, 0.25) is 0 Å². The van der Waals surface area contributed by atoms with E-state index in [1.807, 2.05) is 26.8 Å². The van der Waals surface area contributed by atoms with Crippen molar-refractivity contribution in [2.24, 2.45) is 0 Å². The predicted octanol–water partition coefficient (Wildman–Crippen LogP) is 4.34. The SMILES string of the molecule is CCOC(=O)c1sc(-c2cccc(C#N)c2OC(C)(C)C)nc1C. The topological polar surface area (TPSA) is 72.2 Å². The fourth-order valence-electron chi connectivity index (χ4n) is 2.11. The molecule has 2 aromatic rings. The Labute approximate surface area is 145 Å². The number of carbonyl (C=O) groups excluding carboxylic acids is 1. The Kier molecular flexibility index (Phi) is 5.25.